The van der Waals surface area contributed by atoms with Crippen LogP contribution in [0.25, 0.3) is 0 Å². The monoisotopic (exact) mass is 190 g/mol. The van der Waals surface area contributed by atoms with Gasteiger partial charge in [-0.15, -0.1) is 0 Å². The molecule has 0 aromatic rings. The third-order valence-corrected chi connectivity index (χ3v) is 1.32. The van der Waals surface area contributed by atoms with E-state index in [4.69, 9.17) is 21.8 Å². The highest BCUT2D eigenvalue weighted by atomic mass is 35.5. The number of carbonyl (C=O) groups is 1. The van der Waals surface area contributed by atoms with Gasteiger partial charge in [-0.2, -0.15) is 0 Å². The first-order valence-corrected chi connectivity index (χ1v) is 3.85. The van der Waals surface area contributed by atoms with Crippen molar-refractivity contribution in [1.82, 2.24) is 0 Å². The van der Waals surface area contributed by atoms with E-state index < -0.39 is 5.97 Å². The zero-order valence-corrected chi connectivity index (χ0v) is 7.34. The highest BCUT2D eigenvalue weighted by molar-refractivity contribution is 6.31. The van der Waals surface area contributed by atoms with E-state index in [1.165, 1.54) is 6.08 Å². The highest BCUT2D eigenvalue weighted by Gasteiger charge is 2.05. The molecular weight excluding hydrogens is 180 g/mol. The van der Waals surface area contributed by atoms with Gasteiger partial charge in [0.25, 0.3) is 0 Å². The number of rotatable bonds is 5. The molecule has 0 aliphatic heterocycles. The summed E-state index contributed by atoms with van der Waals surface area (Å²) in [7, 11) is 0. The Labute approximate surface area is 76.0 Å². The fourth-order valence-corrected chi connectivity index (χ4v) is 0.831. The van der Waals surface area contributed by atoms with Crippen LogP contribution in [0.2, 0.25) is 0 Å². The summed E-state index contributed by atoms with van der Waals surface area (Å²) in [6, 6.07) is 0. The van der Waals surface area contributed by atoms with Crippen molar-refractivity contribution in [2.24, 2.45) is 0 Å². The van der Waals surface area contributed by atoms with Crippen LogP contribution in [0.1, 0.15) is 12.8 Å². The van der Waals surface area contributed by atoms with Gasteiger partial charge in [-0.1, -0.05) is 18.2 Å². The van der Waals surface area contributed by atoms with Crippen LogP contribution in [-0.4, -0.2) is 22.8 Å². The smallest absolute Gasteiger partial charge is 0.331 e. The van der Waals surface area contributed by atoms with Gasteiger partial charge in [-0.3, -0.25) is 0 Å². The van der Waals surface area contributed by atoms with E-state index in [1.807, 2.05) is 0 Å². The van der Waals surface area contributed by atoms with Crippen molar-refractivity contribution in [1.29, 1.82) is 0 Å². The molecule has 68 valence electrons. The fraction of sp³-hybridized carbons (Fsp3) is 0.375. The van der Waals surface area contributed by atoms with Gasteiger partial charge in [-0.25, -0.2) is 4.79 Å². The molecule has 0 aromatic carbocycles. The predicted octanol–water partition coefficient (Wildman–Crippen LogP) is 1.52. The number of carboxylic acids is 1. The van der Waals surface area contributed by atoms with Crippen LogP contribution in [0.3, 0.4) is 0 Å². The lowest BCUT2D eigenvalue weighted by Crippen LogP contribution is -2.01. The molecule has 0 atom stereocenters. The third kappa shape index (κ3) is 4.93. The SMILES string of the molecule is C=C(Cl)C=C(CCCO)C(=O)O. The summed E-state index contributed by atoms with van der Waals surface area (Å²) in [5, 5.41) is 17.2. The molecule has 0 spiro atoms. The van der Waals surface area contributed by atoms with Crippen molar-refractivity contribution in [3.8, 4) is 0 Å². The van der Waals surface area contributed by atoms with E-state index in [-0.39, 0.29) is 17.2 Å². The zero-order chi connectivity index (χ0) is 9.56. The molecule has 0 saturated heterocycles. The second kappa shape index (κ2) is 5.80. The van der Waals surface area contributed by atoms with Crippen LogP contribution in [0, 0.1) is 0 Å². The average molecular weight is 191 g/mol. The van der Waals surface area contributed by atoms with Crippen LogP contribution in [0.5, 0.6) is 0 Å². The van der Waals surface area contributed by atoms with Crippen molar-refractivity contribution in [3.05, 3.63) is 23.3 Å². The van der Waals surface area contributed by atoms with Gasteiger partial charge in [0.2, 0.25) is 0 Å². The maximum atomic E-state index is 10.5. The van der Waals surface area contributed by atoms with E-state index in [2.05, 4.69) is 6.58 Å². The minimum absolute atomic E-state index is 0.0284. The Balaban J connectivity index is 4.23. The Bertz CT molecular complexity index is 208. The number of halogens is 1. The first-order valence-electron chi connectivity index (χ1n) is 3.47. The van der Waals surface area contributed by atoms with Gasteiger partial charge in [0.05, 0.1) is 0 Å². The minimum Gasteiger partial charge on any atom is -0.478 e. The minimum atomic E-state index is -1.02. The molecular formula is C8H11ClO3. The van der Waals surface area contributed by atoms with E-state index in [0.29, 0.717) is 12.8 Å². The van der Waals surface area contributed by atoms with Crippen molar-refractivity contribution in [3.63, 3.8) is 0 Å². The molecule has 0 aromatic heterocycles. The summed E-state index contributed by atoms with van der Waals surface area (Å²) < 4.78 is 0. The Hall–Kier alpha value is -0.800. The van der Waals surface area contributed by atoms with Crippen LogP contribution in [-0.2, 0) is 4.79 Å². The summed E-state index contributed by atoms with van der Waals surface area (Å²) >= 11 is 5.40. The Morgan fingerprint density at radius 3 is 2.50 bits per heavy atom. The topological polar surface area (TPSA) is 57.5 Å². The molecule has 4 heteroatoms. The van der Waals surface area contributed by atoms with Crippen molar-refractivity contribution in [2.45, 2.75) is 12.8 Å². The molecule has 0 bridgehead atoms. The molecule has 0 unspecified atom stereocenters. The second-order valence-corrected chi connectivity index (χ2v) is 2.73. The molecule has 2 N–H and O–H groups in total. The third-order valence-electron chi connectivity index (χ3n) is 1.21. The van der Waals surface area contributed by atoms with Gasteiger partial charge >= 0.3 is 5.97 Å². The van der Waals surface area contributed by atoms with Gasteiger partial charge in [0.1, 0.15) is 0 Å². The van der Waals surface area contributed by atoms with E-state index in [1.54, 1.807) is 0 Å². The summed E-state index contributed by atoms with van der Waals surface area (Å²) in [5.41, 5.74) is 0.170. The summed E-state index contributed by atoms with van der Waals surface area (Å²) in [4.78, 5) is 10.5. The van der Waals surface area contributed by atoms with Gasteiger partial charge < -0.3 is 10.2 Å². The number of allylic oxidation sites excluding steroid dienone is 2. The zero-order valence-electron chi connectivity index (χ0n) is 6.59. The first-order chi connectivity index (χ1) is 5.57. The van der Waals surface area contributed by atoms with Crippen LogP contribution >= 0.6 is 11.6 Å². The number of hydrogen-bond donors (Lipinski definition) is 2. The van der Waals surface area contributed by atoms with Crippen LogP contribution in [0.15, 0.2) is 23.3 Å². The second-order valence-electron chi connectivity index (χ2n) is 2.25. The van der Waals surface area contributed by atoms with Crippen molar-refractivity contribution < 1.29 is 15.0 Å². The first kappa shape index (κ1) is 11.2. The average Bonchev–Trinajstić information content (AvgIpc) is 1.96. The Morgan fingerprint density at radius 1 is 1.58 bits per heavy atom. The van der Waals surface area contributed by atoms with E-state index in [9.17, 15) is 4.79 Å². The molecule has 0 rings (SSSR count). The molecule has 0 saturated carbocycles. The van der Waals surface area contributed by atoms with E-state index in [0.717, 1.165) is 0 Å². The number of aliphatic hydroxyl groups excluding tert-OH is 1. The van der Waals surface area contributed by atoms with Gasteiger partial charge in [0, 0.05) is 17.2 Å². The van der Waals surface area contributed by atoms with Crippen molar-refractivity contribution >= 4 is 17.6 Å². The molecule has 0 aliphatic carbocycles. The van der Waals surface area contributed by atoms with Crippen molar-refractivity contribution in [2.75, 3.05) is 6.61 Å². The van der Waals surface area contributed by atoms with Gasteiger partial charge in [-0.05, 0) is 18.9 Å². The predicted molar refractivity (Wildman–Crippen MR) is 47.0 cm³/mol. The summed E-state index contributed by atoms with van der Waals surface area (Å²) in [6.45, 7) is 3.32. The normalized spacial score (nSPS) is 11.3. The highest BCUT2D eigenvalue weighted by Crippen LogP contribution is 2.10. The fourth-order valence-electron chi connectivity index (χ4n) is 0.699. The van der Waals surface area contributed by atoms with E-state index >= 15 is 0 Å². The molecule has 0 heterocycles. The quantitative estimate of drug-likeness (QED) is 0.511. The Morgan fingerprint density at radius 2 is 2.17 bits per heavy atom. The van der Waals surface area contributed by atoms with Gasteiger partial charge in [0.15, 0.2) is 0 Å². The number of aliphatic carboxylic acids is 1. The maximum Gasteiger partial charge on any atom is 0.331 e. The number of aliphatic hydroxyl groups is 1. The lowest BCUT2D eigenvalue weighted by Gasteiger charge is -1.99. The molecule has 0 fully saturated rings. The molecule has 0 aliphatic rings. The molecule has 0 amide bonds. The standard InChI is InChI=1S/C8H11ClO3/c1-6(9)5-7(8(11)12)3-2-4-10/h5,10H,1-4H2,(H,11,12). The lowest BCUT2D eigenvalue weighted by molar-refractivity contribution is -0.132. The Kier molecular flexibility index (Phi) is 5.41. The summed E-state index contributed by atoms with van der Waals surface area (Å²) in [5.74, 6) is -1.02. The number of hydrogen-bond acceptors (Lipinski definition) is 2. The van der Waals surface area contributed by atoms with Crippen LogP contribution < -0.4 is 0 Å². The molecule has 0 radical (unpaired) electrons. The largest absolute Gasteiger partial charge is 0.478 e. The lowest BCUT2D eigenvalue weighted by atomic mass is 10.1. The molecule has 12 heavy (non-hydrogen) atoms. The molecule has 3 nitrogen and oxygen atoms in total. The maximum absolute atomic E-state index is 10.5. The van der Waals surface area contributed by atoms with Crippen LogP contribution in [0.4, 0.5) is 0 Å². The summed E-state index contributed by atoms with van der Waals surface area (Å²) in [6.07, 6.45) is 2.01. The number of carboxylic acid groups (broad SMARTS) is 1.